The summed E-state index contributed by atoms with van der Waals surface area (Å²) in [5.41, 5.74) is 6.19. The molecule has 0 unspecified atom stereocenters. The highest BCUT2D eigenvalue weighted by Crippen LogP contribution is 2.29. The average molecular weight is 307 g/mol. The zero-order valence-electron chi connectivity index (χ0n) is 10.5. The van der Waals surface area contributed by atoms with Crippen molar-refractivity contribution in [3.8, 4) is 0 Å². The van der Waals surface area contributed by atoms with Gasteiger partial charge in [-0.3, -0.25) is 4.79 Å². The summed E-state index contributed by atoms with van der Waals surface area (Å²) in [5, 5.41) is 9.43. The highest BCUT2D eigenvalue weighted by Gasteiger charge is 2.17. The lowest BCUT2D eigenvalue weighted by atomic mass is 10.1. The Bertz CT molecular complexity index is 432. The average Bonchev–Trinajstić information content (AvgIpc) is 2.39. The van der Waals surface area contributed by atoms with Crippen molar-refractivity contribution in [3.05, 3.63) is 27.7 Å². The molecule has 0 fully saturated rings. The first-order chi connectivity index (χ1) is 9.01. The fraction of sp³-hybridized carbons (Fsp3) is 0.417. The van der Waals surface area contributed by atoms with E-state index in [9.17, 15) is 4.79 Å². The molecule has 0 bridgehead atoms. The second kappa shape index (κ2) is 7.55. The topological polar surface area (TPSA) is 75.8 Å². The van der Waals surface area contributed by atoms with Gasteiger partial charge in [0.05, 0.1) is 28.9 Å². The summed E-state index contributed by atoms with van der Waals surface area (Å²) in [7, 11) is 1.54. The van der Waals surface area contributed by atoms with Gasteiger partial charge in [-0.2, -0.15) is 0 Å². The van der Waals surface area contributed by atoms with Gasteiger partial charge in [-0.05, 0) is 12.1 Å². The maximum absolute atomic E-state index is 12.3. The lowest BCUT2D eigenvalue weighted by Crippen LogP contribution is -2.36. The molecule has 7 heteroatoms. The molecule has 5 nitrogen and oxygen atoms in total. The van der Waals surface area contributed by atoms with E-state index < -0.39 is 0 Å². The number of carbonyl (C=O) groups excluding carboxylic acids is 1. The van der Waals surface area contributed by atoms with Gasteiger partial charge in [0.1, 0.15) is 0 Å². The predicted molar refractivity (Wildman–Crippen MR) is 75.7 cm³/mol. The Kier molecular flexibility index (Phi) is 6.37. The van der Waals surface area contributed by atoms with Gasteiger partial charge in [-0.15, -0.1) is 0 Å². The summed E-state index contributed by atoms with van der Waals surface area (Å²) in [6.45, 7) is 0.825. The molecular formula is C12H16Cl2N2O3. The van der Waals surface area contributed by atoms with Crippen molar-refractivity contribution < 1.29 is 14.6 Å². The summed E-state index contributed by atoms with van der Waals surface area (Å²) in [6.07, 6.45) is 0. The van der Waals surface area contributed by atoms with Gasteiger partial charge in [-0.1, -0.05) is 23.2 Å². The van der Waals surface area contributed by atoms with Crippen LogP contribution in [0.3, 0.4) is 0 Å². The fourth-order valence-corrected chi connectivity index (χ4v) is 2.01. The standard InChI is InChI=1S/C12H16Cl2N2O3/c1-19-5-3-16(2-4-17)12(18)8-6-9(13)11(15)10(14)7-8/h6-7,17H,2-5,15H2,1H3. The molecule has 0 radical (unpaired) electrons. The van der Waals surface area contributed by atoms with Gasteiger partial charge in [-0.25, -0.2) is 0 Å². The number of anilines is 1. The molecule has 0 aliphatic carbocycles. The van der Waals surface area contributed by atoms with Crippen molar-refractivity contribution in [2.75, 3.05) is 39.1 Å². The summed E-state index contributed by atoms with van der Waals surface area (Å²) < 4.78 is 4.92. The largest absolute Gasteiger partial charge is 0.396 e. The van der Waals surface area contributed by atoms with Crippen LogP contribution in [0.5, 0.6) is 0 Å². The number of methoxy groups -OCH3 is 1. The van der Waals surface area contributed by atoms with Crippen molar-refractivity contribution in [2.45, 2.75) is 0 Å². The first-order valence-corrected chi connectivity index (χ1v) is 6.40. The van der Waals surface area contributed by atoms with Crippen LogP contribution < -0.4 is 5.73 Å². The van der Waals surface area contributed by atoms with Crippen LogP contribution in [0, 0.1) is 0 Å². The van der Waals surface area contributed by atoms with E-state index in [-0.39, 0.29) is 34.8 Å². The zero-order chi connectivity index (χ0) is 14.4. The molecule has 106 valence electrons. The van der Waals surface area contributed by atoms with E-state index in [4.69, 9.17) is 38.8 Å². The maximum atomic E-state index is 12.3. The zero-order valence-corrected chi connectivity index (χ0v) is 12.0. The third-order valence-corrected chi connectivity index (χ3v) is 3.17. The molecule has 0 atom stereocenters. The van der Waals surface area contributed by atoms with Crippen molar-refractivity contribution >= 4 is 34.8 Å². The quantitative estimate of drug-likeness (QED) is 0.784. The Morgan fingerprint density at radius 3 is 2.42 bits per heavy atom. The van der Waals surface area contributed by atoms with Crippen LogP contribution in [0.1, 0.15) is 10.4 Å². The molecule has 0 spiro atoms. The second-order valence-electron chi connectivity index (χ2n) is 3.86. The number of aliphatic hydroxyl groups excluding tert-OH is 1. The summed E-state index contributed by atoms with van der Waals surface area (Å²) >= 11 is 11.8. The minimum atomic E-state index is -0.282. The lowest BCUT2D eigenvalue weighted by Gasteiger charge is -2.21. The van der Waals surface area contributed by atoms with Crippen molar-refractivity contribution in [3.63, 3.8) is 0 Å². The molecule has 1 amide bonds. The number of nitrogens with zero attached hydrogens (tertiary/aromatic N) is 1. The summed E-state index contributed by atoms with van der Waals surface area (Å²) in [5.74, 6) is -0.282. The highest BCUT2D eigenvalue weighted by molar-refractivity contribution is 6.39. The number of nitrogen functional groups attached to an aromatic ring is 1. The number of halogens is 2. The van der Waals surface area contributed by atoms with Gasteiger partial charge >= 0.3 is 0 Å². The predicted octanol–water partition coefficient (Wildman–Crippen LogP) is 1.66. The van der Waals surface area contributed by atoms with Gasteiger partial charge < -0.3 is 20.5 Å². The normalized spacial score (nSPS) is 10.5. The Morgan fingerprint density at radius 2 is 1.95 bits per heavy atom. The molecular weight excluding hydrogens is 291 g/mol. The highest BCUT2D eigenvalue weighted by atomic mass is 35.5. The van der Waals surface area contributed by atoms with E-state index in [1.807, 2.05) is 0 Å². The van der Waals surface area contributed by atoms with E-state index in [0.29, 0.717) is 18.7 Å². The summed E-state index contributed by atoms with van der Waals surface area (Å²) in [6, 6.07) is 2.92. The van der Waals surface area contributed by atoms with E-state index >= 15 is 0 Å². The Morgan fingerprint density at radius 1 is 1.37 bits per heavy atom. The second-order valence-corrected chi connectivity index (χ2v) is 4.68. The third-order valence-electron chi connectivity index (χ3n) is 2.55. The van der Waals surface area contributed by atoms with Crippen LogP contribution in [0.2, 0.25) is 10.0 Å². The van der Waals surface area contributed by atoms with E-state index in [0.717, 1.165) is 0 Å². The fourth-order valence-electron chi connectivity index (χ4n) is 1.53. The number of carbonyl (C=O) groups is 1. The van der Waals surface area contributed by atoms with E-state index in [1.54, 1.807) is 7.11 Å². The number of hydrogen-bond acceptors (Lipinski definition) is 4. The van der Waals surface area contributed by atoms with E-state index in [2.05, 4.69) is 0 Å². The first kappa shape index (κ1) is 16.0. The van der Waals surface area contributed by atoms with Gasteiger partial charge in [0, 0.05) is 25.8 Å². The molecule has 0 saturated heterocycles. The number of benzene rings is 1. The number of rotatable bonds is 6. The Hall–Kier alpha value is -1.01. The van der Waals surface area contributed by atoms with Crippen molar-refractivity contribution in [2.24, 2.45) is 0 Å². The number of hydrogen-bond donors (Lipinski definition) is 2. The van der Waals surface area contributed by atoms with Gasteiger partial charge in [0.15, 0.2) is 0 Å². The number of aliphatic hydroxyl groups is 1. The molecule has 1 aromatic carbocycles. The van der Waals surface area contributed by atoms with Gasteiger partial charge in [0.25, 0.3) is 5.91 Å². The minimum Gasteiger partial charge on any atom is -0.396 e. The van der Waals surface area contributed by atoms with Crippen LogP contribution in [0.4, 0.5) is 5.69 Å². The molecule has 19 heavy (non-hydrogen) atoms. The maximum Gasteiger partial charge on any atom is 0.254 e. The van der Waals surface area contributed by atoms with Gasteiger partial charge in [0.2, 0.25) is 0 Å². The van der Waals surface area contributed by atoms with Crippen molar-refractivity contribution in [1.82, 2.24) is 4.90 Å². The summed E-state index contributed by atoms with van der Waals surface area (Å²) in [4.78, 5) is 13.7. The first-order valence-electron chi connectivity index (χ1n) is 5.64. The molecule has 1 aromatic rings. The number of nitrogens with two attached hydrogens (primary N) is 1. The minimum absolute atomic E-state index is 0.133. The Balaban J connectivity index is 2.95. The van der Waals surface area contributed by atoms with Crippen LogP contribution in [-0.4, -0.2) is 49.3 Å². The van der Waals surface area contributed by atoms with E-state index in [1.165, 1.54) is 17.0 Å². The van der Waals surface area contributed by atoms with Crippen LogP contribution in [0.15, 0.2) is 12.1 Å². The smallest absolute Gasteiger partial charge is 0.254 e. The Labute approximate surface area is 121 Å². The van der Waals surface area contributed by atoms with Crippen molar-refractivity contribution in [1.29, 1.82) is 0 Å². The SMILES string of the molecule is COCCN(CCO)C(=O)c1cc(Cl)c(N)c(Cl)c1. The monoisotopic (exact) mass is 306 g/mol. The molecule has 0 aliphatic rings. The number of ether oxygens (including phenoxy) is 1. The molecule has 1 rings (SSSR count). The molecule has 0 saturated carbocycles. The number of amides is 1. The molecule has 3 N–H and O–H groups in total. The van der Waals surface area contributed by atoms with Crippen LogP contribution in [-0.2, 0) is 4.74 Å². The van der Waals surface area contributed by atoms with Crippen LogP contribution >= 0.6 is 23.2 Å². The molecule has 0 aromatic heterocycles. The molecule has 0 aliphatic heterocycles. The molecule has 0 heterocycles. The lowest BCUT2D eigenvalue weighted by molar-refractivity contribution is 0.0656. The third kappa shape index (κ3) is 4.24. The van der Waals surface area contributed by atoms with Crippen LogP contribution in [0.25, 0.3) is 0 Å².